The molecule has 1 unspecified atom stereocenters. The zero-order valence-corrected chi connectivity index (χ0v) is 13.2. The summed E-state index contributed by atoms with van der Waals surface area (Å²) < 4.78 is 0. The monoisotopic (exact) mass is 292 g/mol. The van der Waals surface area contributed by atoms with Crippen molar-refractivity contribution >= 4 is 11.6 Å². The molecule has 118 valence electrons. The van der Waals surface area contributed by atoms with Crippen LogP contribution in [0.15, 0.2) is 6.33 Å². The maximum Gasteiger partial charge on any atom is 0.148 e. The average molecular weight is 292 g/mol. The second-order valence-corrected chi connectivity index (χ2v) is 5.71. The van der Waals surface area contributed by atoms with Crippen molar-refractivity contribution in [3.8, 4) is 0 Å². The van der Waals surface area contributed by atoms with E-state index in [1.165, 1.54) is 25.8 Å². The summed E-state index contributed by atoms with van der Waals surface area (Å²) in [6.07, 6.45) is 7.59. The van der Waals surface area contributed by atoms with Gasteiger partial charge < -0.3 is 15.6 Å². The molecule has 2 heterocycles. The molecule has 4 N–H and O–H groups in total. The van der Waals surface area contributed by atoms with Crippen LogP contribution in [-0.4, -0.2) is 40.5 Å². The molecule has 2 rings (SSSR count). The lowest BCUT2D eigenvalue weighted by Gasteiger charge is -2.33. The number of rotatable bonds is 7. The van der Waals surface area contributed by atoms with Gasteiger partial charge in [-0.05, 0) is 39.2 Å². The predicted octanol–water partition coefficient (Wildman–Crippen LogP) is 2.00. The summed E-state index contributed by atoms with van der Waals surface area (Å²) in [4.78, 5) is 11.1. The standard InChI is InChI=1S/C15H28N6/c1-3-13-14(18-11-19-15(13)20-16)17-8-6-10-21-9-5-4-7-12(21)2/h11-12H,3-10,16H2,1-2H3,(H2,17,18,19,20). The van der Waals surface area contributed by atoms with Gasteiger partial charge in [-0.1, -0.05) is 13.3 Å². The Kier molecular flexibility index (Phi) is 6.20. The van der Waals surface area contributed by atoms with E-state index in [1.54, 1.807) is 6.33 Å². The van der Waals surface area contributed by atoms with Gasteiger partial charge in [0.1, 0.15) is 18.0 Å². The molecule has 1 atom stereocenters. The Hall–Kier alpha value is -1.40. The van der Waals surface area contributed by atoms with Crippen molar-refractivity contribution in [3.05, 3.63) is 11.9 Å². The molecule has 0 radical (unpaired) electrons. The zero-order valence-electron chi connectivity index (χ0n) is 13.2. The fourth-order valence-electron chi connectivity index (χ4n) is 3.00. The van der Waals surface area contributed by atoms with Crippen molar-refractivity contribution in [2.24, 2.45) is 5.84 Å². The fourth-order valence-corrected chi connectivity index (χ4v) is 3.00. The molecule has 1 saturated heterocycles. The Morgan fingerprint density at radius 3 is 2.86 bits per heavy atom. The topological polar surface area (TPSA) is 79.1 Å². The number of nitrogens with two attached hydrogens (primary N) is 1. The molecule has 0 amide bonds. The molecule has 0 saturated carbocycles. The first-order valence-electron chi connectivity index (χ1n) is 8.04. The van der Waals surface area contributed by atoms with Crippen molar-refractivity contribution in [2.45, 2.75) is 52.0 Å². The molecule has 1 fully saturated rings. The van der Waals surface area contributed by atoms with Crippen LogP contribution >= 0.6 is 0 Å². The predicted molar refractivity (Wildman–Crippen MR) is 87.2 cm³/mol. The van der Waals surface area contributed by atoms with Crippen molar-refractivity contribution in [3.63, 3.8) is 0 Å². The van der Waals surface area contributed by atoms with Crippen LogP contribution in [0, 0.1) is 0 Å². The highest BCUT2D eigenvalue weighted by molar-refractivity contribution is 5.56. The smallest absolute Gasteiger partial charge is 0.148 e. The first-order chi connectivity index (χ1) is 10.3. The number of piperidine rings is 1. The summed E-state index contributed by atoms with van der Waals surface area (Å²) in [7, 11) is 0. The quantitative estimate of drug-likeness (QED) is 0.405. The summed E-state index contributed by atoms with van der Waals surface area (Å²) in [5.41, 5.74) is 3.68. The number of nitrogen functional groups attached to an aromatic ring is 1. The summed E-state index contributed by atoms with van der Waals surface area (Å²) in [6.45, 7) is 7.75. The van der Waals surface area contributed by atoms with E-state index in [2.05, 4.69) is 39.5 Å². The number of aromatic nitrogens is 2. The maximum atomic E-state index is 5.49. The van der Waals surface area contributed by atoms with Gasteiger partial charge in [0, 0.05) is 24.7 Å². The van der Waals surface area contributed by atoms with Gasteiger partial charge >= 0.3 is 0 Å². The Morgan fingerprint density at radius 2 is 2.14 bits per heavy atom. The van der Waals surface area contributed by atoms with Crippen LogP contribution in [0.1, 0.15) is 45.1 Å². The van der Waals surface area contributed by atoms with E-state index in [-0.39, 0.29) is 0 Å². The second kappa shape index (κ2) is 8.14. The zero-order chi connectivity index (χ0) is 15.1. The average Bonchev–Trinajstić information content (AvgIpc) is 2.52. The highest BCUT2D eigenvalue weighted by Gasteiger charge is 2.17. The van der Waals surface area contributed by atoms with Crippen LogP contribution < -0.4 is 16.6 Å². The van der Waals surface area contributed by atoms with E-state index in [0.29, 0.717) is 5.82 Å². The number of anilines is 2. The minimum Gasteiger partial charge on any atom is -0.370 e. The van der Waals surface area contributed by atoms with Crippen molar-refractivity contribution in [1.82, 2.24) is 14.9 Å². The Balaban J connectivity index is 1.80. The number of hydrogen-bond acceptors (Lipinski definition) is 6. The molecule has 0 bridgehead atoms. The minimum atomic E-state index is 0.708. The van der Waals surface area contributed by atoms with Gasteiger partial charge in [-0.15, -0.1) is 0 Å². The van der Waals surface area contributed by atoms with Crippen LogP contribution in [0.3, 0.4) is 0 Å². The Morgan fingerprint density at radius 1 is 1.33 bits per heavy atom. The molecule has 1 aromatic rings. The highest BCUT2D eigenvalue weighted by atomic mass is 15.3. The third-order valence-electron chi connectivity index (χ3n) is 4.29. The third-order valence-corrected chi connectivity index (χ3v) is 4.29. The summed E-state index contributed by atoms with van der Waals surface area (Å²) >= 11 is 0. The lowest BCUT2D eigenvalue weighted by Crippen LogP contribution is -2.38. The first kappa shape index (κ1) is 16.0. The van der Waals surface area contributed by atoms with Gasteiger partial charge in [-0.25, -0.2) is 15.8 Å². The Labute approximate surface area is 127 Å². The molecular weight excluding hydrogens is 264 g/mol. The number of hydrogen-bond donors (Lipinski definition) is 3. The summed E-state index contributed by atoms with van der Waals surface area (Å²) in [5, 5.41) is 3.42. The van der Waals surface area contributed by atoms with Crippen LogP contribution in [0.25, 0.3) is 0 Å². The first-order valence-corrected chi connectivity index (χ1v) is 8.04. The van der Waals surface area contributed by atoms with E-state index in [4.69, 9.17) is 5.84 Å². The lowest BCUT2D eigenvalue weighted by atomic mass is 10.0. The van der Waals surface area contributed by atoms with Crippen molar-refractivity contribution < 1.29 is 0 Å². The number of nitrogens with one attached hydrogen (secondary N) is 2. The van der Waals surface area contributed by atoms with Crippen LogP contribution in [0.2, 0.25) is 0 Å². The molecule has 1 aromatic heterocycles. The molecule has 1 aliphatic heterocycles. The van der Waals surface area contributed by atoms with Gasteiger partial charge in [0.15, 0.2) is 0 Å². The van der Waals surface area contributed by atoms with Crippen molar-refractivity contribution in [2.75, 3.05) is 30.4 Å². The normalized spacial score (nSPS) is 19.5. The van der Waals surface area contributed by atoms with Crippen LogP contribution in [0.5, 0.6) is 0 Å². The molecule has 21 heavy (non-hydrogen) atoms. The van der Waals surface area contributed by atoms with Gasteiger partial charge in [-0.3, -0.25) is 0 Å². The third kappa shape index (κ3) is 4.28. The van der Waals surface area contributed by atoms with Gasteiger partial charge in [-0.2, -0.15) is 0 Å². The summed E-state index contributed by atoms with van der Waals surface area (Å²) in [5.74, 6) is 7.09. The SMILES string of the molecule is CCc1c(NN)ncnc1NCCCN1CCCCC1C. The molecule has 0 aliphatic carbocycles. The molecular formula is C15H28N6. The molecule has 0 spiro atoms. The van der Waals surface area contributed by atoms with E-state index < -0.39 is 0 Å². The maximum absolute atomic E-state index is 5.49. The second-order valence-electron chi connectivity index (χ2n) is 5.71. The van der Waals surface area contributed by atoms with Crippen LogP contribution in [-0.2, 0) is 6.42 Å². The Bertz CT molecular complexity index is 436. The summed E-state index contributed by atoms with van der Waals surface area (Å²) in [6, 6.07) is 0.733. The molecule has 6 heteroatoms. The van der Waals surface area contributed by atoms with E-state index >= 15 is 0 Å². The van der Waals surface area contributed by atoms with Gasteiger partial charge in [0.05, 0.1) is 0 Å². The minimum absolute atomic E-state index is 0.708. The van der Waals surface area contributed by atoms with E-state index in [9.17, 15) is 0 Å². The highest BCUT2D eigenvalue weighted by Crippen LogP contribution is 2.20. The van der Waals surface area contributed by atoms with Crippen LogP contribution in [0.4, 0.5) is 11.6 Å². The lowest BCUT2D eigenvalue weighted by molar-refractivity contribution is 0.160. The van der Waals surface area contributed by atoms with Gasteiger partial charge in [0.25, 0.3) is 0 Å². The fraction of sp³-hybridized carbons (Fsp3) is 0.733. The van der Waals surface area contributed by atoms with Gasteiger partial charge in [0.2, 0.25) is 0 Å². The van der Waals surface area contributed by atoms with E-state index in [1.807, 2.05) is 0 Å². The molecule has 6 nitrogen and oxygen atoms in total. The molecule has 1 aliphatic rings. The van der Waals surface area contributed by atoms with E-state index in [0.717, 1.165) is 43.4 Å². The van der Waals surface area contributed by atoms with Crippen molar-refractivity contribution in [1.29, 1.82) is 0 Å². The number of nitrogens with zero attached hydrogens (tertiary/aromatic N) is 3. The number of hydrazine groups is 1. The molecule has 0 aromatic carbocycles. The number of likely N-dealkylation sites (tertiary alicyclic amines) is 1. The largest absolute Gasteiger partial charge is 0.370 e.